The summed E-state index contributed by atoms with van der Waals surface area (Å²) in [7, 11) is 0. The standard InChI is InChI=1S/C17H26N6.ClH/c1-13-6-9-22(10-7-13)11-8-18-16-14-4-2-3-5-15(14)17-20-19-12-23(17)21-16;/h12-13H,2-11H2,1H3,(H,18,21);1H. The molecule has 0 aromatic carbocycles. The molecule has 7 heteroatoms. The van der Waals surface area contributed by atoms with Crippen LogP contribution >= 0.6 is 12.4 Å². The van der Waals surface area contributed by atoms with Crippen molar-refractivity contribution in [1.82, 2.24) is 24.7 Å². The van der Waals surface area contributed by atoms with Crippen LogP contribution in [-0.4, -0.2) is 50.9 Å². The number of nitrogens with one attached hydrogen (secondary N) is 1. The molecule has 1 aliphatic heterocycles. The Labute approximate surface area is 149 Å². The Hall–Kier alpha value is -1.40. The first-order valence-corrected chi connectivity index (χ1v) is 8.99. The third-order valence-corrected chi connectivity index (χ3v) is 5.36. The first-order valence-electron chi connectivity index (χ1n) is 8.99. The maximum absolute atomic E-state index is 4.71. The number of halogens is 1. The normalized spacial score (nSPS) is 19.0. The molecule has 6 nitrogen and oxygen atoms in total. The smallest absolute Gasteiger partial charge is 0.181 e. The number of nitrogens with zero attached hydrogens (tertiary/aromatic N) is 5. The molecule has 2 aromatic heterocycles. The van der Waals surface area contributed by atoms with Crippen LogP contribution in [0.1, 0.15) is 43.7 Å². The van der Waals surface area contributed by atoms with Gasteiger partial charge in [-0.2, -0.15) is 4.52 Å². The zero-order valence-electron chi connectivity index (χ0n) is 14.4. The summed E-state index contributed by atoms with van der Waals surface area (Å²) in [4.78, 5) is 2.57. The molecule has 3 heterocycles. The SMILES string of the molecule is CC1CCN(CCNc2nn3cnnc3c3c2CCCC3)CC1.Cl. The van der Waals surface area contributed by atoms with Gasteiger partial charge in [-0.05, 0) is 57.5 Å². The second-order valence-corrected chi connectivity index (χ2v) is 7.06. The number of likely N-dealkylation sites (tertiary alicyclic amines) is 1. The van der Waals surface area contributed by atoms with Gasteiger partial charge in [-0.3, -0.25) is 0 Å². The summed E-state index contributed by atoms with van der Waals surface area (Å²) in [6, 6.07) is 0. The number of fused-ring (bicyclic) bond motifs is 3. The summed E-state index contributed by atoms with van der Waals surface area (Å²) in [6.45, 7) is 6.89. The quantitative estimate of drug-likeness (QED) is 0.918. The lowest BCUT2D eigenvalue weighted by Crippen LogP contribution is -2.36. The molecule has 4 rings (SSSR count). The molecule has 0 amide bonds. The Morgan fingerprint density at radius 3 is 2.71 bits per heavy atom. The van der Waals surface area contributed by atoms with E-state index >= 15 is 0 Å². The van der Waals surface area contributed by atoms with E-state index in [0.717, 1.165) is 43.3 Å². The van der Waals surface area contributed by atoms with E-state index in [9.17, 15) is 0 Å². The molecule has 1 fully saturated rings. The summed E-state index contributed by atoms with van der Waals surface area (Å²) in [6.07, 6.45) is 9.07. The third-order valence-electron chi connectivity index (χ3n) is 5.36. The van der Waals surface area contributed by atoms with E-state index < -0.39 is 0 Å². The fraction of sp³-hybridized carbons (Fsp3) is 0.706. The number of piperidine rings is 1. The minimum absolute atomic E-state index is 0. The van der Waals surface area contributed by atoms with Crippen LogP contribution in [0.4, 0.5) is 5.82 Å². The van der Waals surface area contributed by atoms with Gasteiger partial charge in [0.2, 0.25) is 0 Å². The van der Waals surface area contributed by atoms with Crippen LogP contribution < -0.4 is 5.32 Å². The number of anilines is 1. The number of hydrogen-bond acceptors (Lipinski definition) is 5. The highest BCUT2D eigenvalue weighted by atomic mass is 35.5. The van der Waals surface area contributed by atoms with Crippen molar-refractivity contribution in [2.45, 2.75) is 45.4 Å². The van der Waals surface area contributed by atoms with Crippen LogP contribution in [0, 0.1) is 5.92 Å². The number of aryl methyl sites for hydroxylation is 1. The van der Waals surface area contributed by atoms with Gasteiger partial charge in [-0.15, -0.1) is 27.7 Å². The van der Waals surface area contributed by atoms with Gasteiger partial charge in [-0.1, -0.05) is 6.92 Å². The van der Waals surface area contributed by atoms with Crippen LogP contribution in [0.25, 0.3) is 5.65 Å². The average Bonchev–Trinajstić information content (AvgIpc) is 3.05. The van der Waals surface area contributed by atoms with Gasteiger partial charge in [0.05, 0.1) is 0 Å². The topological polar surface area (TPSA) is 58.4 Å². The summed E-state index contributed by atoms with van der Waals surface area (Å²) >= 11 is 0. The Morgan fingerprint density at radius 2 is 1.92 bits per heavy atom. The molecule has 2 aliphatic rings. The zero-order chi connectivity index (χ0) is 15.6. The van der Waals surface area contributed by atoms with Crippen LogP contribution in [0.3, 0.4) is 0 Å². The number of hydrogen-bond donors (Lipinski definition) is 1. The van der Waals surface area contributed by atoms with E-state index in [4.69, 9.17) is 5.10 Å². The minimum Gasteiger partial charge on any atom is -0.367 e. The van der Waals surface area contributed by atoms with Gasteiger partial charge < -0.3 is 10.2 Å². The van der Waals surface area contributed by atoms with E-state index in [2.05, 4.69) is 27.3 Å². The molecule has 1 saturated heterocycles. The molecular formula is C17H27ClN6. The molecule has 0 bridgehead atoms. The third kappa shape index (κ3) is 3.49. The van der Waals surface area contributed by atoms with Crippen molar-refractivity contribution in [2.75, 3.05) is 31.5 Å². The van der Waals surface area contributed by atoms with Gasteiger partial charge in [0.15, 0.2) is 11.5 Å². The van der Waals surface area contributed by atoms with E-state index in [1.165, 1.54) is 49.9 Å². The van der Waals surface area contributed by atoms with E-state index in [1.54, 1.807) is 6.33 Å². The molecule has 0 radical (unpaired) electrons. The lowest BCUT2D eigenvalue weighted by atomic mass is 9.93. The van der Waals surface area contributed by atoms with Crippen molar-refractivity contribution in [1.29, 1.82) is 0 Å². The van der Waals surface area contributed by atoms with Gasteiger partial charge in [0.25, 0.3) is 0 Å². The molecule has 0 saturated carbocycles. The minimum atomic E-state index is 0. The number of aromatic nitrogens is 4. The average molecular weight is 351 g/mol. The molecular weight excluding hydrogens is 324 g/mol. The Bertz CT molecular complexity index is 677. The van der Waals surface area contributed by atoms with Crippen LogP contribution in [0.2, 0.25) is 0 Å². The highest BCUT2D eigenvalue weighted by molar-refractivity contribution is 5.85. The summed E-state index contributed by atoms with van der Waals surface area (Å²) in [5.41, 5.74) is 3.65. The van der Waals surface area contributed by atoms with E-state index in [-0.39, 0.29) is 12.4 Å². The first-order chi connectivity index (χ1) is 11.3. The van der Waals surface area contributed by atoms with Gasteiger partial charge in [0, 0.05) is 24.2 Å². The molecule has 0 unspecified atom stereocenters. The number of rotatable bonds is 4. The monoisotopic (exact) mass is 350 g/mol. The fourth-order valence-corrected chi connectivity index (χ4v) is 3.84. The summed E-state index contributed by atoms with van der Waals surface area (Å²) in [5.74, 6) is 1.93. The molecule has 1 aliphatic carbocycles. The molecule has 132 valence electrons. The van der Waals surface area contributed by atoms with Crippen molar-refractivity contribution < 1.29 is 0 Å². The fourth-order valence-electron chi connectivity index (χ4n) is 3.84. The zero-order valence-corrected chi connectivity index (χ0v) is 15.2. The Balaban J connectivity index is 0.00000169. The van der Waals surface area contributed by atoms with E-state index in [0.29, 0.717) is 0 Å². The van der Waals surface area contributed by atoms with Crippen molar-refractivity contribution in [3.8, 4) is 0 Å². The van der Waals surface area contributed by atoms with E-state index in [1.807, 2.05) is 4.52 Å². The first kappa shape index (κ1) is 17.4. The van der Waals surface area contributed by atoms with Crippen molar-refractivity contribution in [3.63, 3.8) is 0 Å². The summed E-state index contributed by atoms with van der Waals surface area (Å²) in [5, 5.41) is 16.6. The molecule has 0 atom stereocenters. The van der Waals surface area contributed by atoms with Crippen LogP contribution in [0.5, 0.6) is 0 Å². The predicted molar refractivity (Wildman–Crippen MR) is 98.0 cm³/mol. The molecule has 0 spiro atoms. The van der Waals surface area contributed by atoms with Crippen molar-refractivity contribution in [3.05, 3.63) is 17.5 Å². The highest BCUT2D eigenvalue weighted by Gasteiger charge is 2.20. The maximum Gasteiger partial charge on any atom is 0.181 e. The lowest BCUT2D eigenvalue weighted by Gasteiger charge is -2.30. The molecule has 24 heavy (non-hydrogen) atoms. The largest absolute Gasteiger partial charge is 0.367 e. The van der Waals surface area contributed by atoms with Gasteiger partial charge >= 0.3 is 0 Å². The highest BCUT2D eigenvalue weighted by Crippen LogP contribution is 2.28. The van der Waals surface area contributed by atoms with Crippen LogP contribution in [0.15, 0.2) is 6.33 Å². The van der Waals surface area contributed by atoms with Crippen molar-refractivity contribution in [2.24, 2.45) is 5.92 Å². The lowest BCUT2D eigenvalue weighted by molar-refractivity contribution is 0.199. The Kier molecular flexibility index (Phi) is 5.56. The predicted octanol–water partition coefficient (Wildman–Crippen LogP) is 2.57. The molecule has 2 aromatic rings. The maximum atomic E-state index is 4.71. The second kappa shape index (κ2) is 7.66. The summed E-state index contributed by atoms with van der Waals surface area (Å²) < 4.78 is 1.83. The van der Waals surface area contributed by atoms with Gasteiger partial charge in [-0.25, -0.2) is 0 Å². The second-order valence-electron chi connectivity index (χ2n) is 7.06. The molecule has 1 N–H and O–H groups in total. The van der Waals surface area contributed by atoms with Crippen LogP contribution in [-0.2, 0) is 12.8 Å². The van der Waals surface area contributed by atoms with Crippen molar-refractivity contribution >= 4 is 23.9 Å². The Morgan fingerprint density at radius 1 is 1.17 bits per heavy atom. The van der Waals surface area contributed by atoms with Gasteiger partial charge in [0.1, 0.15) is 6.33 Å².